The molecule has 3 nitrogen and oxygen atoms in total. The van der Waals surface area contributed by atoms with E-state index < -0.39 is 11.6 Å². The monoisotopic (exact) mass is 294 g/mol. The van der Waals surface area contributed by atoms with Gasteiger partial charge in [-0.05, 0) is 62.4 Å². The van der Waals surface area contributed by atoms with Crippen molar-refractivity contribution in [1.29, 1.82) is 0 Å². The summed E-state index contributed by atoms with van der Waals surface area (Å²) < 4.78 is 26.9. The molecule has 1 aliphatic heterocycles. The van der Waals surface area contributed by atoms with Crippen molar-refractivity contribution in [2.24, 2.45) is 5.92 Å². The number of carbonyl (C=O) groups is 1. The summed E-state index contributed by atoms with van der Waals surface area (Å²) in [6.45, 7) is 3.00. The van der Waals surface area contributed by atoms with Crippen molar-refractivity contribution >= 4 is 5.91 Å². The molecule has 1 amide bonds. The van der Waals surface area contributed by atoms with E-state index in [0.29, 0.717) is 18.0 Å². The highest BCUT2D eigenvalue weighted by Gasteiger charge is 2.45. The van der Waals surface area contributed by atoms with Gasteiger partial charge in [0.15, 0.2) is 0 Å². The van der Waals surface area contributed by atoms with Crippen LogP contribution in [0.1, 0.15) is 37.7 Å². The molecule has 2 N–H and O–H groups in total. The summed E-state index contributed by atoms with van der Waals surface area (Å²) in [6.07, 6.45) is 2.44. The molecule has 5 heteroatoms. The van der Waals surface area contributed by atoms with Crippen LogP contribution in [0, 0.1) is 17.6 Å². The zero-order valence-electron chi connectivity index (χ0n) is 12.0. The van der Waals surface area contributed by atoms with Gasteiger partial charge in [-0.2, -0.15) is 0 Å². The van der Waals surface area contributed by atoms with Crippen LogP contribution in [0.3, 0.4) is 0 Å². The van der Waals surface area contributed by atoms with Gasteiger partial charge in [0, 0.05) is 18.0 Å². The third-order valence-electron chi connectivity index (χ3n) is 4.45. The lowest BCUT2D eigenvalue weighted by Gasteiger charge is -2.28. The lowest BCUT2D eigenvalue weighted by molar-refractivity contribution is -0.123. The molecule has 0 radical (unpaired) electrons. The SMILES string of the molecule is CC1CC(NC(=O)C2CC2c2cc(F)ccc2F)CCN1. The fourth-order valence-electron chi connectivity index (χ4n) is 3.20. The van der Waals surface area contributed by atoms with Crippen molar-refractivity contribution < 1.29 is 13.6 Å². The van der Waals surface area contributed by atoms with Gasteiger partial charge in [-0.1, -0.05) is 0 Å². The van der Waals surface area contributed by atoms with Gasteiger partial charge in [0.1, 0.15) is 11.6 Å². The van der Waals surface area contributed by atoms with Crippen LogP contribution in [0.5, 0.6) is 0 Å². The summed E-state index contributed by atoms with van der Waals surface area (Å²) >= 11 is 0. The Morgan fingerprint density at radius 3 is 2.90 bits per heavy atom. The number of carbonyl (C=O) groups excluding carboxylic acids is 1. The van der Waals surface area contributed by atoms with Crippen molar-refractivity contribution in [1.82, 2.24) is 10.6 Å². The Morgan fingerprint density at radius 1 is 1.33 bits per heavy atom. The summed E-state index contributed by atoms with van der Waals surface area (Å²) in [5.74, 6) is -1.30. The van der Waals surface area contributed by atoms with E-state index in [9.17, 15) is 13.6 Å². The van der Waals surface area contributed by atoms with Gasteiger partial charge in [0.05, 0.1) is 0 Å². The minimum atomic E-state index is -0.454. The number of benzene rings is 1. The Labute approximate surface area is 123 Å². The predicted molar refractivity (Wildman–Crippen MR) is 75.8 cm³/mol. The summed E-state index contributed by atoms with van der Waals surface area (Å²) in [4.78, 5) is 12.2. The van der Waals surface area contributed by atoms with E-state index in [2.05, 4.69) is 17.6 Å². The second-order valence-electron chi connectivity index (χ2n) is 6.20. The van der Waals surface area contributed by atoms with Crippen LogP contribution in [0.4, 0.5) is 8.78 Å². The smallest absolute Gasteiger partial charge is 0.223 e. The molecule has 4 unspecified atom stereocenters. The average molecular weight is 294 g/mol. The van der Waals surface area contributed by atoms with Gasteiger partial charge >= 0.3 is 0 Å². The van der Waals surface area contributed by atoms with Crippen LogP contribution >= 0.6 is 0 Å². The quantitative estimate of drug-likeness (QED) is 0.898. The molecule has 1 aromatic rings. The normalized spacial score (nSPS) is 31.8. The third kappa shape index (κ3) is 3.23. The zero-order valence-corrected chi connectivity index (χ0v) is 12.0. The summed E-state index contributed by atoms with van der Waals surface area (Å²) in [6, 6.07) is 4.03. The molecule has 1 aromatic carbocycles. The van der Waals surface area contributed by atoms with E-state index in [4.69, 9.17) is 0 Å². The van der Waals surface area contributed by atoms with Gasteiger partial charge in [0.25, 0.3) is 0 Å². The molecular weight excluding hydrogens is 274 g/mol. The molecule has 1 saturated heterocycles. The predicted octanol–water partition coefficient (Wildman–Crippen LogP) is 2.32. The first-order chi connectivity index (χ1) is 10.0. The van der Waals surface area contributed by atoms with E-state index in [1.807, 2.05) is 0 Å². The van der Waals surface area contributed by atoms with Crippen molar-refractivity contribution in [3.63, 3.8) is 0 Å². The topological polar surface area (TPSA) is 41.1 Å². The van der Waals surface area contributed by atoms with Crippen LogP contribution in [-0.2, 0) is 4.79 Å². The highest BCUT2D eigenvalue weighted by Crippen LogP contribution is 2.48. The highest BCUT2D eigenvalue weighted by atomic mass is 19.1. The standard InChI is InChI=1S/C16H20F2N2O/c1-9-6-11(4-5-19-9)20-16(21)14-8-12(14)13-7-10(17)2-3-15(13)18/h2-3,7,9,11-12,14,19H,4-6,8H2,1H3,(H,20,21). The van der Waals surface area contributed by atoms with Crippen molar-refractivity contribution in [2.45, 2.75) is 44.2 Å². The summed E-state index contributed by atoms with van der Waals surface area (Å²) in [5.41, 5.74) is 0.328. The second-order valence-corrected chi connectivity index (χ2v) is 6.20. The number of halogens is 2. The molecule has 0 bridgehead atoms. The first-order valence-corrected chi connectivity index (χ1v) is 7.53. The van der Waals surface area contributed by atoms with Crippen LogP contribution in [0.15, 0.2) is 18.2 Å². The number of hydrogen-bond donors (Lipinski definition) is 2. The van der Waals surface area contributed by atoms with Gasteiger partial charge in [-0.25, -0.2) is 8.78 Å². The van der Waals surface area contributed by atoms with Gasteiger partial charge in [-0.3, -0.25) is 4.79 Å². The van der Waals surface area contributed by atoms with E-state index in [1.165, 1.54) is 6.07 Å². The minimum absolute atomic E-state index is 0.0252. The van der Waals surface area contributed by atoms with Crippen LogP contribution in [0.2, 0.25) is 0 Å². The Bertz CT molecular complexity index is 549. The summed E-state index contributed by atoms with van der Waals surface area (Å²) in [5, 5.41) is 6.39. The molecule has 1 saturated carbocycles. The van der Waals surface area contributed by atoms with Crippen molar-refractivity contribution in [2.75, 3.05) is 6.54 Å². The van der Waals surface area contributed by atoms with Crippen LogP contribution < -0.4 is 10.6 Å². The van der Waals surface area contributed by atoms with Crippen molar-refractivity contribution in [3.05, 3.63) is 35.4 Å². The number of nitrogens with one attached hydrogen (secondary N) is 2. The number of hydrogen-bond acceptors (Lipinski definition) is 2. The Kier molecular flexibility index (Phi) is 3.93. The van der Waals surface area contributed by atoms with Gasteiger partial charge < -0.3 is 10.6 Å². The Balaban J connectivity index is 1.59. The molecule has 21 heavy (non-hydrogen) atoms. The number of piperidine rings is 1. The number of amides is 1. The first-order valence-electron chi connectivity index (χ1n) is 7.53. The lowest BCUT2D eigenvalue weighted by Crippen LogP contribution is -2.47. The molecular formula is C16H20F2N2O. The zero-order chi connectivity index (χ0) is 15.0. The lowest BCUT2D eigenvalue weighted by atomic mass is 10.00. The molecule has 3 rings (SSSR count). The van der Waals surface area contributed by atoms with E-state index in [-0.39, 0.29) is 23.8 Å². The third-order valence-corrected chi connectivity index (χ3v) is 4.45. The first kappa shape index (κ1) is 14.4. The van der Waals surface area contributed by atoms with E-state index in [0.717, 1.165) is 31.5 Å². The van der Waals surface area contributed by atoms with Crippen molar-refractivity contribution in [3.8, 4) is 0 Å². The Hall–Kier alpha value is -1.49. The molecule has 114 valence electrons. The molecule has 1 heterocycles. The molecule has 0 spiro atoms. The summed E-state index contributed by atoms with van der Waals surface area (Å²) in [7, 11) is 0. The molecule has 4 atom stereocenters. The average Bonchev–Trinajstić information content (AvgIpc) is 3.22. The van der Waals surface area contributed by atoms with E-state index >= 15 is 0 Å². The van der Waals surface area contributed by atoms with Gasteiger partial charge in [-0.15, -0.1) is 0 Å². The van der Waals surface area contributed by atoms with Gasteiger partial charge in [0.2, 0.25) is 5.91 Å². The van der Waals surface area contributed by atoms with E-state index in [1.54, 1.807) is 0 Å². The number of rotatable bonds is 3. The molecule has 2 aliphatic rings. The van der Waals surface area contributed by atoms with Crippen LogP contribution in [0.25, 0.3) is 0 Å². The minimum Gasteiger partial charge on any atom is -0.353 e. The van der Waals surface area contributed by atoms with Crippen LogP contribution in [-0.4, -0.2) is 24.5 Å². The largest absolute Gasteiger partial charge is 0.353 e. The maximum Gasteiger partial charge on any atom is 0.223 e. The fourth-order valence-corrected chi connectivity index (χ4v) is 3.20. The molecule has 1 aliphatic carbocycles. The second kappa shape index (κ2) is 5.72. The molecule has 0 aromatic heterocycles. The maximum absolute atomic E-state index is 13.7. The Morgan fingerprint density at radius 2 is 2.14 bits per heavy atom. The fraction of sp³-hybridized carbons (Fsp3) is 0.562. The highest BCUT2D eigenvalue weighted by molar-refractivity contribution is 5.83. The molecule has 2 fully saturated rings. The maximum atomic E-state index is 13.7.